The minimum absolute atomic E-state index is 0.00843. The molecule has 1 amide bonds. The van der Waals surface area contributed by atoms with Crippen LogP contribution in [0.4, 0.5) is 0 Å². The first-order valence-corrected chi connectivity index (χ1v) is 5.82. The second-order valence-corrected chi connectivity index (χ2v) is 5.63. The average molecular weight is 223 g/mol. The summed E-state index contributed by atoms with van der Waals surface area (Å²) >= 11 is 0. The first-order valence-electron chi connectivity index (χ1n) is 5.82. The van der Waals surface area contributed by atoms with Crippen molar-refractivity contribution in [1.29, 1.82) is 5.26 Å². The quantitative estimate of drug-likeness (QED) is 0.737. The molecule has 3 N–H and O–H groups in total. The summed E-state index contributed by atoms with van der Waals surface area (Å²) in [6, 6.07) is 1.71. The lowest BCUT2D eigenvalue weighted by Gasteiger charge is -2.27. The molecule has 0 heterocycles. The van der Waals surface area contributed by atoms with E-state index in [1.54, 1.807) is 0 Å². The van der Waals surface area contributed by atoms with Crippen LogP contribution in [0.5, 0.6) is 0 Å². The summed E-state index contributed by atoms with van der Waals surface area (Å²) in [6.45, 7) is 5.81. The van der Waals surface area contributed by atoms with E-state index >= 15 is 0 Å². The van der Waals surface area contributed by atoms with Crippen LogP contribution in [0.2, 0.25) is 0 Å². The van der Waals surface area contributed by atoms with Gasteiger partial charge in [0.25, 0.3) is 0 Å². The number of nitriles is 1. The lowest BCUT2D eigenvalue weighted by atomic mass is 9.86. The monoisotopic (exact) mass is 223 g/mol. The Morgan fingerprint density at radius 3 is 2.62 bits per heavy atom. The Kier molecular flexibility index (Phi) is 3.93. The van der Waals surface area contributed by atoms with Crippen LogP contribution in [0.3, 0.4) is 0 Å². The fourth-order valence-electron chi connectivity index (χ4n) is 1.95. The van der Waals surface area contributed by atoms with E-state index in [9.17, 15) is 4.79 Å². The zero-order chi connectivity index (χ0) is 12.3. The number of rotatable bonds is 2. The SMILES string of the molecule is CC(C)(C)[C@H](N)C(=O)NC1CCCC1C#N. The van der Waals surface area contributed by atoms with Crippen LogP contribution in [0.25, 0.3) is 0 Å². The van der Waals surface area contributed by atoms with Gasteiger partial charge in [-0.2, -0.15) is 5.26 Å². The van der Waals surface area contributed by atoms with Gasteiger partial charge in [0.05, 0.1) is 18.0 Å². The Morgan fingerprint density at radius 2 is 2.12 bits per heavy atom. The summed E-state index contributed by atoms with van der Waals surface area (Å²) < 4.78 is 0. The smallest absolute Gasteiger partial charge is 0.237 e. The second-order valence-electron chi connectivity index (χ2n) is 5.63. The molecule has 0 bridgehead atoms. The molecular formula is C12H21N3O. The van der Waals surface area contributed by atoms with Crippen LogP contribution in [0, 0.1) is 22.7 Å². The normalized spacial score (nSPS) is 27.2. The molecule has 0 aromatic carbocycles. The topological polar surface area (TPSA) is 78.9 Å². The van der Waals surface area contributed by atoms with Crippen LogP contribution < -0.4 is 11.1 Å². The Hall–Kier alpha value is -1.08. The minimum Gasteiger partial charge on any atom is -0.351 e. The largest absolute Gasteiger partial charge is 0.351 e. The summed E-state index contributed by atoms with van der Waals surface area (Å²) in [5, 5.41) is 11.8. The van der Waals surface area contributed by atoms with Crippen LogP contribution in [-0.4, -0.2) is 18.0 Å². The van der Waals surface area contributed by atoms with Crippen molar-refractivity contribution in [3.8, 4) is 6.07 Å². The zero-order valence-electron chi connectivity index (χ0n) is 10.3. The molecule has 1 fully saturated rings. The number of nitrogens with two attached hydrogens (primary N) is 1. The van der Waals surface area contributed by atoms with Crippen molar-refractivity contribution in [2.45, 2.75) is 52.1 Å². The van der Waals surface area contributed by atoms with E-state index < -0.39 is 6.04 Å². The Bertz CT molecular complexity index is 300. The average Bonchev–Trinajstić information content (AvgIpc) is 2.62. The van der Waals surface area contributed by atoms with Crippen molar-refractivity contribution >= 4 is 5.91 Å². The highest BCUT2D eigenvalue weighted by Crippen LogP contribution is 2.25. The summed E-state index contributed by atoms with van der Waals surface area (Å²) in [5.74, 6) is -0.184. The molecule has 4 heteroatoms. The summed E-state index contributed by atoms with van der Waals surface area (Å²) in [5.41, 5.74) is 5.62. The maximum absolute atomic E-state index is 11.9. The molecule has 1 aliphatic carbocycles. The highest BCUT2D eigenvalue weighted by molar-refractivity contribution is 5.82. The predicted octanol–water partition coefficient (Wildman–Crippen LogP) is 1.17. The van der Waals surface area contributed by atoms with Crippen molar-refractivity contribution in [3.05, 3.63) is 0 Å². The van der Waals surface area contributed by atoms with Crippen molar-refractivity contribution in [2.24, 2.45) is 17.1 Å². The number of hydrogen-bond acceptors (Lipinski definition) is 3. The molecule has 1 saturated carbocycles. The number of carbonyl (C=O) groups excluding carboxylic acids is 1. The van der Waals surface area contributed by atoms with Crippen molar-refractivity contribution in [1.82, 2.24) is 5.32 Å². The molecule has 0 aromatic heterocycles. The number of nitrogens with zero attached hydrogens (tertiary/aromatic N) is 1. The second kappa shape index (κ2) is 4.84. The molecule has 0 spiro atoms. The third kappa shape index (κ3) is 2.96. The van der Waals surface area contributed by atoms with Crippen LogP contribution in [-0.2, 0) is 4.79 Å². The molecule has 4 nitrogen and oxygen atoms in total. The molecule has 3 atom stereocenters. The van der Waals surface area contributed by atoms with Gasteiger partial charge in [0, 0.05) is 6.04 Å². The van der Waals surface area contributed by atoms with Gasteiger partial charge in [-0.05, 0) is 24.7 Å². The van der Waals surface area contributed by atoms with E-state index in [2.05, 4.69) is 11.4 Å². The minimum atomic E-state index is -0.521. The molecule has 1 aliphatic rings. The number of hydrogen-bond donors (Lipinski definition) is 2. The van der Waals surface area contributed by atoms with E-state index in [4.69, 9.17) is 11.0 Å². The van der Waals surface area contributed by atoms with Gasteiger partial charge in [-0.3, -0.25) is 4.79 Å². The van der Waals surface area contributed by atoms with E-state index in [1.807, 2.05) is 20.8 Å². The standard InChI is InChI=1S/C12H21N3O/c1-12(2,3)10(14)11(16)15-9-6-4-5-8(9)7-13/h8-10H,4-6,14H2,1-3H3,(H,15,16)/t8?,9?,10-/m1/s1. The molecule has 0 aliphatic heterocycles. The van der Waals surface area contributed by atoms with E-state index in [1.165, 1.54) is 0 Å². The van der Waals surface area contributed by atoms with Gasteiger partial charge in [0.15, 0.2) is 0 Å². The molecule has 0 saturated heterocycles. The number of nitrogens with one attached hydrogen (secondary N) is 1. The van der Waals surface area contributed by atoms with Crippen molar-refractivity contribution < 1.29 is 4.79 Å². The number of amides is 1. The van der Waals surface area contributed by atoms with Crippen LogP contribution >= 0.6 is 0 Å². The molecular weight excluding hydrogens is 202 g/mol. The van der Waals surface area contributed by atoms with Gasteiger partial charge in [0.2, 0.25) is 5.91 Å². The molecule has 0 radical (unpaired) electrons. The Labute approximate surface area is 97.2 Å². The Morgan fingerprint density at radius 1 is 1.50 bits per heavy atom. The lowest BCUT2D eigenvalue weighted by Crippen LogP contribution is -2.51. The Balaban J connectivity index is 2.55. The van der Waals surface area contributed by atoms with Crippen LogP contribution in [0.15, 0.2) is 0 Å². The van der Waals surface area contributed by atoms with Gasteiger partial charge in [-0.15, -0.1) is 0 Å². The van der Waals surface area contributed by atoms with Gasteiger partial charge in [0.1, 0.15) is 0 Å². The maximum atomic E-state index is 11.9. The number of carbonyl (C=O) groups is 1. The molecule has 90 valence electrons. The van der Waals surface area contributed by atoms with Gasteiger partial charge >= 0.3 is 0 Å². The fourth-order valence-corrected chi connectivity index (χ4v) is 1.95. The third-order valence-corrected chi connectivity index (χ3v) is 3.22. The third-order valence-electron chi connectivity index (χ3n) is 3.22. The van der Waals surface area contributed by atoms with Crippen LogP contribution in [0.1, 0.15) is 40.0 Å². The highest BCUT2D eigenvalue weighted by atomic mass is 16.2. The highest BCUT2D eigenvalue weighted by Gasteiger charge is 2.33. The molecule has 2 unspecified atom stereocenters. The molecule has 16 heavy (non-hydrogen) atoms. The fraction of sp³-hybridized carbons (Fsp3) is 0.833. The van der Waals surface area contributed by atoms with E-state index in [-0.39, 0.29) is 23.3 Å². The maximum Gasteiger partial charge on any atom is 0.237 e. The van der Waals surface area contributed by atoms with Crippen molar-refractivity contribution in [3.63, 3.8) is 0 Å². The first-order chi connectivity index (χ1) is 7.36. The van der Waals surface area contributed by atoms with E-state index in [0.29, 0.717) is 0 Å². The predicted molar refractivity (Wildman–Crippen MR) is 62.3 cm³/mol. The summed E-state index contributed by atoms with van der Waals surface area (Å²) in [4.78, 5) is 11.9. The summed E-state index contributed by atoms with van der Waals surface area (Å²) in [6.07, 6.45) is 2.78. The lowest BCUT2D eigenvalue weighted by molar-refractivity contribution is -0.125. The van der Waals surface area contributed by atoms with Crippen molar-refractivity contribution in [2.75, 3.05) is 0 Å². The zero-order valence-corrected chi connectivity index (χ0v) is 10.3. The van der Waals surface area contributed by atoms with Gasteiger partial charge < -0.3 is 11.1 Å². The van der Waals surface area contributed by atoms with Gasteiger partial charge in [-0.1, -0.05) is 20.8 Å². The summed E-state index contributed by atoms with van der Waals surface area (Å²) in [7, 11) is 0. The van der Waals surface area contributed by atoms with E-state index in [0.717, 1.165) is 19.3 Å². The first kappa shape index (κ1) is 13.0. The molecule has 1 rings (SSSR count). The van der Waals surface area contributed by atoms with Gasteiger partial charge in [-0.25, -0.2) is 0 Å². The molecule has 0 aromatic rings.